The molecule has 2 atom stereocenters. The zero-order valence-electron chi connectivity index (χ0n) is 36.3. The fraction of sp³-hybridized carbons (Fsp3) is 0.286. The molecule has 332 valence electrons. The molecule has 2 unspecified atom stereocenters. The summed E-state index contributed by atoms with van der Waals surface area (Å²) in [6.07, 6.45) is 2.50. The van der Waals surface area contributed by atoms with Crippen LogP contribution >= 0.6 is 11.6 Å². The molecule has 3 heterocycles. The van der Waals surface area contributed by atoms with Crippen LogP contribution in [0.4, 0.5) is 0 Å². The fourth-order valence-electron chi connectivity index (χ4n) is 8.58. The maximum Gasteiger partial charge on any atom is 0.293 e. The topological polar surface area (TPSA) is 140 Å². The molecule has 14 nitrogen and oxygen atoms in total. The zero-order valence-corrected chi connectivity index (χ0v) is 37.1. The van der Waals surface area contributed by atoms with E-state index in [4.69, 9.17) is 54.0 Å². The summed E-state index contributed by atoms with van der Waals surface area (Å²) in [6, 6.07) is 26.0. The van der Waals surface area contributed by atoms with Crippen LogP contribution in [0.15, 0.2) is 102 Å². The average molecular weight is 890 g/mol. The van der Waals surface area contributed by atoms with Crippen LogP contribution in [-0.4, -0.2) is 95.7 Å². The van der Waals surface area contributed by atoms with E-state index in [0.717, 1.165) is 27.8 Å². The molecule has 0 saturated heterocycles. The molecule has 2 amide bonds. The molecule has 0 saturated carbocycles. The fourth-order valence-corrected chi connectivity index (χ4v) is 8.77. The van der Waals surface area contributed by atoms with Crippen molar-refractivity contribution >= 4 is 23.4 Å². The third-order valence-electron chi connectivity index (χ3n) is 11.7. The minimum Gasteiger partial charge on any atom is -0.497 e. The Morgan fingerprint density at radius 2 is 1.28 bits per heavy atom. The van der Waals surface area contributed by atoms with Gasteiger partial charge in [0.15, 0.2) is 23.0 Å². The van der Waals surface area contributed by atoms with Crippen molar-refractivity contribution < 1.29 is 52.0 Å². The van der Waals surface area contributed by atoms with Crippen LogP contribution in [0, 0.1) is 0 Å². The molecule has 0 aliphatic carbocycles. The summed E-state index contributed by atoms with van der Waals surface area (Å²) < 4.78 is 53.1. The van der Waals surface area contributed by atoms with Crippen molar-refractivity contribution in [1.29, 1.82) is 0 Å². The van der Waals surface area contributed by atoms with Gasteiger partial charge in [0.05, 0.1) is 60.9 Å². The average Bonchev–Trinajstić information content (AvgIpc) is 3.89. The van der Waals surface area contributed by atoms with Crippen molar-refractivity contribution in [3.8, 4) is 57.1 Å². The van der Waals surface area contributed by atoms with Gasteiger partial charge in [-0.1, -0.05) is 22.8 Å². The van der Waals surface area contributed by atoms with Gasteiger partial charge in [-0.2, -0.15) is 0 Å². The van der Waals surface area contributed by atoms with E-state index in [0.29, 0.717) is 88.1 Å². The Morgan fingerprint density at radius 3 is 1.95 bits per heavy atom. The van der Waals surface area contributed by atoms with Gasteiger partial charge in [0.25, 0.3) is 11.8 Å². The lowest BCUT2D eigenvalue weighted by Gasteiger charge is -2.38. The summed E-state index contributed by atoms with van der Waals surface area (Å²) >= 11 is 6.33. The third-order valence-corrected chi connectivity index (χ3v) is 11.9. The van der Waals surface area contributed by atoms with Crippen molar-refractivity contribution in [2.45, 2.75) is 24.9 Å². The molecule has 0 spiro atoms. The van der Waals surface area contributed by atoms with Gasteiger partial charge in [-0.15, -0.1) is 0 Å². The third kappa shape index (κ3) is 8.52. The highest BCUT2D eigenvalue weighted by molar-refractivity contribution is 6.31. The first-order valence-corrected chi connectivity index (χ1v) is 21.0. The van der Waals surface area contributed by atoms with Gasteiger partial charge in [0.2, 0.25) is 5.76 Å². The summed E-state index contributed by atoms with van der Waals surface area (Å²) in [7, 11) is 9.54. The number of ether oxygens (including phenoxy) is 8. The van der Waals surface area contributed by atoms with Crippen LogP contribution in [0.25, 0.3) is 11.1 Å². The van der Waals surface area contributed by atoms with Crippen LogP contribution in [0.1, 0.15) is 55.3 Å². The molecular formula is C49H48ClN3O11. The number of nitrogens with zero attached hydrogens (tertiary/aromatic N) is 3. The molecule has 64 heavy (non-hydrogen) atoms. The van der Waals surface area contributed by atoms with Gasteiger partial charge >= 0.3 is 0 Å². The van der Waals surface area contributed by atoms with Crippen molar-refractivity contribution in [1.82, 2.24) is 15.0 Å². The van der Waals surface area contributed by atoms with E-state index in [2.05, 4.69) is 5.16 Å². The Labute approximate surface area is 376 Å². The van der Waals surface area contributed by atoms with Gasteiger partial charge in [0, 0.05) is 46.9 Å². The highest BCUT2D eigenvalue weighted by Gasteiger charge is 2.38. The molecule has 0 bridgehead atoms. The van der Waals surface area contributed by atoms with E-state index in [1.165, 1.54) is 6.20 Å². The van der Waals surface area contributed by atoms with Crippen LogP contribution in [0.3, 0.4) is 0 Å². The van der Waals surface area contributed by atoms with Gasteiger partial charge in [-0.25, -0.2) is 0 Å². The Bertz CT molecular complexity index is 2640. The summed E-state index contributed by atoms with van der Waals surface area (Å²) in [5.41, 5.74) is 5.56. The number of fused-ring (bicyclic) bond motifs is 2. The molecule has 1 aromatic heterocycles. The molecule has 8 rings (SSSR count). The second-order valence-corrected chi connectivity index (χ2v) is 15.5. The number of aromatic nitrogens is 1. The van der Waals surface area contributed by atoms with E-state index >= 15 is 0 Å². The highest BCUT2D eigenvalue weighted by Crippen LogP contribution is 2.50. The van der Waals surface area contributed by atoms with E-state index < -0.39 is 12.1 Å². The summed E-state index contributed by atoms with van der Waals surface area (Å²) in [4.78, 5) is 31.7. The van der Waals surface area contributed by atoms with Crippen LogP contribution in [-0.2, 0) is 12.8 Å². The first-order chi connectivity index (χ1) is 31.2. The maximum absolute atomic E-state index is 14.1. The van der Waals surface area contributed by atoms with E-state index in [9.17, 15) is 9.59 Å². The number of amides is 2. The van der Waals surface area contributed by atoms with E-state index in [-0.39, 0.29) is 30.8 Å². The lowest BCUT2D eigenvalue weighted by molar-refractivity contribution is 0.0548. The summed E-state index contributed by atoms with van der Waals surface area (Å²) in [5.74, 6) is 4.02. The van der Waals surface area contributed by atoms with Crippen LogP contribution in [0.5, 0.6) is 46.0 Å². The predicted octanol–water partition coefficient (Wildman–Crippen LogP) is 8.68. The van der Waals surface area contributed by atoms with Gasteiger partial charge in [-0.3, -0.25) is 9.59 Å². The minimum atomic E-state index is -0.579. The molecular weight excluding hydrogens is 842 g/mol. The number of carbonyl (C=O) groups excluding carboxylic acids is 2. The van der Waals surface area contributed by atoms with Crippen LogP contribution in [0.2, 0.25) is 5.02 Å². The maximum atomic E-state index is 14.1. The molecule has 15 heteroatoms. The lowest BCUT2D eigenvalue weighted by Crippen LogP contribution is -2.42. The van der Waals surface area contributed by atoms with Crippen molar-refractivity contribution in [2.75, 3.05) is 69.0 Å². The Balaban J connectivity index is 1.16. The van der Waals surface area contributed by atoms with Crippen molar-refractivity contribution in [3.63, 3.8) is 0 Å². The smallest absolute Gasteiger partial charge is 0.293 e. The standard InChI is InChI=1S/C49H48ClN3O11/c1-56-32-10-12-33(13-11-32)62-28-40-38-26-45(60-5)47(61-6)46(35(38)18-21-53(40)49(55)41-16-19-51-64-41)36-15-14-34(24-42(36)57-2)63-27-39-37-25-44(59-4)43(58-3)23-29(37)17-20-52(39)48(54)30-8-7-9-31(50)22-30/h7-16,19,22-26,39-40H,17-18,20-21,27-28H2,1-6H3. The van der Waals surface area contributed by atoms with E-state index in [1.54, 1.807) is 77.9 Å². The second kappa shape index (κ2) is 19.1. The largest absolute Gasteiger partial charge is 0.497 e. The number of benzene rings is 5. The highest BCUT2D eigenvalue weighted by atomic mass is 35.5. The molecule has 5 aromatic carbocycles. The molecule has 6 aromatic rings. The predicted molar refractivity (Wildman–Crippen MR) is 238 cm³/mol. The molecule has 2 aliphatic heterocycles. The first-order valence-electron chi connectivity index (χ1n) is 20.6. The molecule has 0 fully saturated rings. The first kappa shape index (κ1) is 43.6. The number of rotatable bonds is 15. The Morgan fingerprint density at radius 1 is 0.641 bits per heavy atom. The molecule has 0 radical (unpaired) electrons. The number of carbonyl (C=O) groups is 2. The monoisotopic (exact) mass is 889 g/mol. The summed E-state index contributed by atoms with van der Waals surface area (Å²) in [6.45, 7) is 0.995. The zero-order chi connectivity index (χ0) is 44.9. The van der Waals surface area contributed by atoms with Gasteiger partial charge in [0.1, 0.15) is 36.2 Å². The van der Waals surface area contributed by atoms with Crippen molar-refractivity contribution in [3.05, 3.63) is 136 Å². The Kier molecular flexibility index (Phi) is 13.0. The second-order valence-electron chi connectivity index (χ2n) is 15.0. The van der Waals surface area contributed by atoms with E-state index in [1.807, 2.05) is 65.6 Å². The lowest BCUT2D eigenvalue weighted by atomic mass is 9.85. The number of methoxy groups -OCH3 is 6. The molecule has 2 aliphatic rings. The minimum absolute atomic E-state index is 0.109. The number of halogens is 1. The summed E-state index contributed by atoms with van der Waals surface area (Å²) in [5, 5.41) is 4.25. The normalized spacial score (nSPS) is 15.4. The number of hydrogen-bond donors (Lipinski definition) is 0. The van der Waals surface area contributed by atoms with Crippen molar-refractivity contribution in [2.24, 2.45) is 0 Å². The Hall–Kier alpha value is -7.06. The SMILES string of the molecule is COc1ccc(OCC2c3cc(OC)c(OC)c(-c4ccc(OCC5c6cc(OC)c(OC)cc6CCN5C(=O)c5cccc(Cl)c5)cc4OC)c3CCN2C(=O)c2ccno2)cc1. The molecule has 0 N–H and O–H groups in total. The number of hydrogen-bond acceptors (Lipinski definition) is 12. The van der Waals surface area contributed by atoms with Gasteiger partial charge in [-0.05, 0) is 108 Å². The van der Waals surface area contributed by atoms with Crippen LogP contribution < -0.4 is 37.9 Å². The van der Waals surface area contributed by atoms with Gasteiger partial charge < -0.3 is 52.2 Å². The quantitative estimate of drug-likeness (QED) is 0.0975.